The number of benzene rings is 6. The number of anilines is 6. The molecule has 0 unspecified atom stereocenters. The Hall–Kier alpha value is -6.59. The van der Waals surface area contributed by atoms with Crippen molar-refractivity contribution in [2.24, 2.45) is 0 Å². The maximum atomic E-state index is 5.44. The maximum Gasteiger partial charge on any atom is 0.178 e. The molecule has 8 rings (SSSR count). The fraction of sp³-hybridized carbons (Fsp3) is 0.317. The van der Waals surface area contributed by atoms with E-state index in [1.807, 2.05) is 12.1 Å². The summed E-state index contributed by atoms with van der Waals surface area (Å²) in [5, 5.41) is 0. The van der Waals surface area contributed by atoms with Gasteiger partial charge in [0.1, 0.15) is 5.52 Å². The number of aromatic nitrogens is 3. The molecule has 0 aliphatic heterocycles. The van der Waals surface area contributed by atoms with Gasteiger partial charge in [-0.2, -0.15) is 0 Å². The van der Waals surface area contributed by atoms with E-state index in [2.05, 4.69) is 242 Å². The molecule has 68 heavy (non-hydrogen) atoms. The van der Waals surface area contributed by atoms with Crippen molar-refractivity contribution in [3.8, 4) is 22.5 Å². The average molecular weight is 898 g/mol. The van der Waals surface area contributed by atoms with Crippen LogP contribution in [0.3, 0.4) is 0 Å². The van der Waals surface area contributed by atoms with Gasteiger partial charge in [0.05, 0.1) is 11.4 Å². The third kappa shape index (κ3) is 9.72. The number of pyridine rings is 1. The minimum Gasteiger partial charge on any atom is -0.310 e. The Bertz CT molecular complexity index is 2720. The lowest BCUT2D eigenvalue weighted by Gasteiger charge is -2.29. The van der Waals surface area contributed by atoms with E-state index in [-0.39, 0.29) is 21.7 Å². The molecule has 6 aromatic carbocycles. The van der Waals surface area contributed by atoms with E-state index in [1.54, 1.807) is 6.20 Å². The lowest BCUT2D eigenvalue weighted by atomic mass is 9.86. The van der Waals surface area contributed by atoms with E-state index in [0.717, 1.165) is 84.4 Å². The molecule has 0 spiro atoms. The third-order valence-electron chi connectivity index (χ3n) is 13.4. The van der Waals surface area contributed by atoms with E-state index >= 15 is 0 Å². The fourth-order valence-electron chi connectivity index (χ4n) is 9.47. The van der Waals surface area contributed by atoms with Gasteiger partial charge in [0.15, 0.2) is 5.65 Å². The Balaban J connectivity index is 1.28. The molecule has 0 fully saturated rings. The topological polar surface area (TPSA) is 45.2 Å². The van der Waals surface area contributed by atoms with Crippen molar-refractivity contribution < 1.29 is 0 Å². The van der Waals surface area contributed by atoms with Crippen molar-refractivity contribution in [1.29, 1.82) is 0 Å². The second kappa shape index (κ2) is 17.8. The summed E-state index contributed by atoms with van der Waals surface area (Å²) in [5.74, 6) is 0. The van der Waals surface area contributed by atoms with Gasteiger partial charge in [0, 0.05) is 51.4 Å². The van der Waals surface area contributed by atoms with Crippen molar-refractivity contribution in [3.05, 3.63) is 184 Å². The number of hydrogen-bond donors (Lipinski definition) is 0. The highest BCUT2D eigenvalue weighted by Gasteiger charge is 2.26. The summed E-state index contributed by atoms with van der Waals surface area (Å²) >= 11 is 0. The van der Waals surface area contributed by atoms with Crippen molar-refractivity contribution >= 4 is 45.3 Å². The summed E-state index contributed by atoms with van der Waals surface area (Å²) in [6.07, 6.45) is 1.80. The summed E-state index contributed by atoms with van der Waals surface area (Å²) in [6.45, 7) is 36.0. The van der Waals surface area contributed by atoms with Crippen LogP contribution in [-0.2, 0) is 21.7 Å². The summed E-state index contributed by atoms with van der Waals surface area (Å²) in [7, 11) is 0. The van der Waals surface area contributed by atoms with Crippen LogP contribution in [0.15, 0.2) is 140 Å². The lowest BCUT2D eigenvalue weighted by Crippen LogP contribution is -2.15. The zero-order chi connectivity index (χ0) is 49.1. The highest BCUT2D eigenvalue weighted by Crippen LogP contribution is 2.45. The Morgan fingerprint density at radius 2 is 0.618 bits per heavy atom. The maximum absolute atomic E-state index is 5.44. The van der Waals surface area contributed by atoms with Crippen molar-refractivity contribution in [2.45, 2.75) is 132 Å². The van der Waals surface area contributed by atoms with E-state index in [9.17, 15) is 0 Å². The highest BCUT2D eigenvalue weighted by atomic mass is 15.1. The minimum absolute atomic E-state index is 0.0488. The largest absolute Gasteiger partial charge is 0.310 e. The first kappa shape index (κ1) is 47.9. The molecule has 0 saturated carbocycles. The Labute approximate surface area is 407 Å². The number of hydrogen-bond acceptors (Lipinski definition) is 5. The van der Waals surface area contributed by atoms with Crippen LogP contribution in [0.2, 0.25) is 0 Å². The summed E-state index contributed by atoms with van der Waals surface area (Å²) < 4.78 is 0. The summed E-state index contributed by atoms with van der Waals surface area (Å²) in [6, 6.07) is 49.4. The smallest absolute Gasteiger partial charge is 0.178 e. The van der Waals surface area contributed by atoms with E-state index in [1.165, 1.54) is 22.3 Å². The average Bonchev–Trinajstić information content (AvgIpc) is 3.26. The van der Waals surface area contributed by atoms with E-state index in [4.69, 9.17) is 15.0 Å². The first-order valence-electron chi connectivity index (χ1n) is 24.3. The summed E-state index contributed by atoms with van der Waals surface area (Å²) in [4.78, 5) is 20.3. The first-order valence-corrected chi connectivity index (χ1v) is 24.3. The number of aryl methyl sites for hydroxylation is 4. The molecule has 0 aliphatic carbocycles. The van der Waals surface area contributed by atoms with Crippen molar-refractivity contribution in [1.82, 2.24) is 15.0 Å². The zero-order valence-corrected chi connectivity index (χ0v) is 43.5. The molecule has 5 heteroatoms. The van der Waals surface area contributed by atoms with Crippen LogP contribution in [0.5, 0.6) is 0 Å². The normalized spacial score (nSPS) is 12.4. The van der Waals surface area contributed by atoms with Crippen molar-refractivity contribution in [3.63, 3.8) is 0 Å². The molecule has 5 nitrogen and oxygen atoms in total. The molecule has 0 radical (unpaired) electrons. The summed E-state index contributed by atoms with van der Waals surface area (Å²) in [5.41, 5.74) is 21.7. The SMILES string of the molecule is Cc1cc(N(c2ccc(C(C)(C)C)cc2)c2ccc(C(C)(C)C)cc2)cc(C)c1-c1nc2cccnc2nc1-c1c(C)cc(N(c2ccc(C(C)(C)C)cc2)c2ccc(C(C)(C)C)cc2)cc1C. The van der Waals surface area contributed by atoms with Gasteiger partial charge in [-0.25, -0.2) is 15.0 Å². The quantitative estimate of drug-likeness (QED) is 0.152. The van der Waals surface area contributed by atoms with Gasteiger partial charge in [-0.1, -0.05) is 132 Å². The molecule has 0 amide bonds. The number of rotatable bonds is 8. The van der Waals surface area contributed by atoms with Crippen LogP contribution in [0.25, 0.3) is 33.7 Å². The molecule has 2 aromatic heterocycles. The van der Waals surface area contributed by atoms with Gasteiger partial charge >= 0.3 is 0 Å². The standard InChI is InChI=1S/C63H71N5/c1-40-36-52(67(48-27-19-44(20-28-48)60(5,6)7)49-29-21-45(22-30-49)61(8,9)10)37-41(2)55(40)57-58(66-59-54(65-57)18-17-35-64-59)56-42(3)38-53(39-43(56)4)68(50-31-23-46(24-32-50)62(11,12)13)51-33-25-47(26-34-51)63(14,15)16/h17-39H,1-16H3. The Morgan fingerprint density at radius 3 is 0.897 bits per heavy atom. The van der Waals surface area contributed by atoms with Crippen LogP contribution < -0.4 is 9.80 Å². The molecule has 0 N–H and O–H groups in total. The van der Waals surface area contributed by atoms with Gasteiger partial charge in [-0.05, 0) is 179 Å². The van der Waals surface area contributed by atoms with Crippen LogP contribution in [-0.4, -0.2) is 15.0 Å². The molecule has 0 atom stereocenters. The first-order chi connectivity index (χ1) is 31.9. The fourth-order valence-corrected chi connectivity index (χ4v) is 9.47. The molecular formula is C63H71N5. The molecular weight excluding hydrogens is 827 g/mol. The number of fused-ring (bicyclic) bond motifs is 1. The van der Waals surface area contributed by atoms with Crippen LogP contribution in [0, 0.1) is 27.7 Å². The number of nitrogens with zero attached hydrogens (tertiary/aromatic N) is 5. The van der Waals surface area contributed by atoms with Gasteiger partial charge in [0.2, 0.25) is 0 Å². The molecule has 0 bridgehead atoms. The Morgan fingerprint density at radius 1 is 0.338 bits per heavy atom. The second-order valence-electron chi connectivity index (χ2n) is 23.0. The van der Waals surface area contributed by atoms with Gasteiger partial charge in [0.25, 0.3) is 0 Å². The van der Waals surface area contributed by atoms with Crippen LogP contribution in [0.4, 0.5) is 34.1 Å². The molecule has 0 saturated heterocycles. The highest BCUT2D eigenvalue weighted by molar-refractivity contribution is 5.91. The monoisotopic (exact) mass is 898 g/mol. The minimum atomic E-state index is 0.0488. The molecule has 348 valence electrons. The van der Waals surface area contributed by atoms with E-state index in [0.29, 0.717) is 5.65 Å². The second-order valence-corrected chi connectivity index (χ2v) is 23.0. The van der Waals surface area contributed by atoms with Gasteiger partial charge in [-0.15, -0.1) is 0 Å². The molecule has 8 aromatic rings. The van der Waals surface area contributed by atoms with Crippen LogP contribution in [0.1, 0.15) is 128 Å². The van der Waals surface area contributed by atoms with Gasteiger partial charge in [-0.3, -0.25) is 0 Å². The molecule has 2 heterocycles. The Kier molecular flexibility index (Phi) is 12.5. The zero-order valence-electron chi connectivity index (χ0n) is 43.5. The van der Waals surface area contributed by atoms with Crippen LogP contribution >= 0.6 is 0 Å². The third-order valence-corrected chi connectivity index (χ3v) is 13.4. The predicted octanol–water partition coefficient (Wildman–Crippen LogP) is 17.7. The van der Waals surface area contributed by atoms with E-state index < -0.39 is 0 Å². The van der Waals surface area contributed by atoms with Gasteiger partial charge < -0.3 is 9.80 Å². The van der Waals surface area contributed by atoms with Crippen molar-refractivity contribution in [2.75, 3.05) is 9.80 Å². The predicted molar refractivity (Wildman–Crippen MR) is 291 cm³/mol. The lowest BCUT2D eigenvalue weighted by molar-refractivity contribution is 0.590. The molecule has 0 aliphatic rings.